The molecule has 0 bridgehead atoms. The fraction of sp³-hybridized carbons (Fsp3) is 0.483. The highest BCUT2D eigenvalue weighted by atomic mass is 16.6. The van der Waals surface area contributed by atoms with Gasteiger partial charge >= 0.3 is 18.0 Å². The molecule has 0 saturated carbocycles. The average Bonchev–Trinajstić information content (AvgIpc) is 2.82. The minimum atomic E-state index is -0.736. The van der Waals surface area contributed by atoms with Gasteiger partial charge < -0.3 is 24.3 Å². The lowest BCUT2D eigenvalue weighted by atomic mass is 10.1. The van der Waals surface area contributed by atoms with Gasteiger partial charge in [0.1, 0.15) is 36.2 Å². The van der Waals surface area contributed by atoms with Gasteiger partial charge in [-0.15, -0.1) is 0 Å². The molecule has 0 heterocycles. The summed E-state index contributed by atoms with van der Waals surface area (Å²) in [6.45, 7) is 11.4. The number of alkyl carbamates (subject to hydrolysis) is 1. The van der Waals surface area contributed by atoms with Crippen LogP contribution in [0.1, 0.15) is 52.7 Å². The number of ether oxygens (including phenoxy) is 4. The first-order chi connectivity index (χ1) is 17.8. The van der Waals surface area contributed by atoms with Gasteiger partial charge in [-0.1, -0.05) is 42.5 Å². The van der Waals surface area contributed by atoms with Crippen molar-refractivity contribution in [3.8, 4) is 5.75 Å². The van der Waals surface area contributed by atoms with E-state index in [9.17, 15) is 14.4 Å². The molecule has 38 heavy (non-hydrogen) atoms. The standard InChI is InChI=1S/C29H40N2O7/c1-28(2,3)37-25(32)19-31-24(26(33)38-29(4,5)6)18-21-12-14-23(15-13-21)35-17-16-30-27(34)36-20-22-10-8-7-9-11-22/h7-15,24,31H,16-20H2,1-6H3,(H,30,34). The van der Waals surface area contributed by atoms with Crippen molar-refractivity contribution in [1.29, 1.82) is 0 Å². The van der Waals surface area contributed by atoms with Crippen LogP contribution in [-0.2, 0) is 36.8 Å². The van der Waals surface area contributed by atoms with E-state index in [4.69, 9.17) is 18.9 Å². The Balaban J connectivity index is 1.82. The van der Waals surface area contributed by atoms with Crippen LogP contribution < -0.4 is 15.4 Å². The van der Waals surface area contributed by atoms with Crippen LogP contribution in [0.4, 0.5) is 4.79 Å². The summed E-state index contributed by atoms with van der Waals surface area (Å²) in [4.78, 5) is 36.7. The molecular formula is C29H40N2O7. The fourth-order valence-electron chi connectivity index (χ4n) is 3.25. The molecule has 0 aliphatic carbocycles. The van der Waals surface area contributed by atoms with Crippen molar-refractivity contribution >= 4 is 18.0 Å². The normalized spacial score (nSPS) is 12.3. The quantitative estimate of drug-likeness (QED) is 0.240. The van der Waals surface area contributed by atoms with Crippen molar-refractivity contribution in [3.63, 3.8) is 0 Å². The lowest BCUT2D eigenvalue weighted by molar-refractivity contribution is -0.158. The first-order valence-corrected chi connectivity index (χ1v) is 12.6. The summed E-state index contributed by atoms with van der Waals surface area (Å²) >= 11 is 0. The van der Waals surface area contributed by atoms with Gasteiger partial charge in [-0.3, -0.25) is 14.9 Å². The first kappa shape index (κ1) is 30.6. The molecule has 0 saturated heterocycles. The number of esters is 2. The Hall–Kier alpha value is -3.59. The second-order valence-electron chi connectivity index (χ2n) is 10.7. The van der Waals surface area contributed by atoms with Crippen molar-refractivity contribution < 1.29 is 33.3 Å². The molecule has 0 fully saturated rings. The van der Waals surface area contributed by atoms with Crippen LogP contribution >= 0.6 is 0 Å². The van der Waals surface area contributed by atoms with Crippen LogP contribution in [0.2, 0.25) is 0 Å². The molecule has 208 valence electrons. The molecule has 1 unspecified atom stereocenters. The summed E-state index contributed by atoms with van der Waals surface area (Å²) in [6, 6.07) is 15.9. The number of carbonyl (C=O) groups is 3. The predicted octanol–water partition coefficient (Wildman–Crippen LogP) is 4.18. The minimum absolute atomic E-state index is 0.122. The zero-order valence-corrected chi connectivity index (χ0v) is 23.2. The number of hydrogen-bond donors (Lipinski definition) is 2. The SMILES string of the molecule is CC(C)(C)OC(=O)CNC(Cc1ccc(OCCNC(=O)OCc2ccccc2)cc1)C(=O)OC(C)(C)C. The van der Waals surface area contributed by atoms with Gasteiger partial charge in [0.25, 0.3) is 0 Å². The molecule has 0 aliphatic heterocycles. The molecule has 1 amide bonds. The fourth-order valence-corrected chi connectivity index (χ4v) is 3.25. The highest BCUT2D eigenvalue weighted by molar-refractivity contribution is 5.78. The molecule has 0 aromatic heterocycles. The van der Waals surface area contributed by atoms with Gasteiger partial charge in [-0.05, 0) is 71.2 Å². The van der Waals surface area contributed by atoms with Gasteiger partial charge in [0.15, 0.2) is 0 Å². The highest BCUT2D eigenvalue weighted by Crippen LogP contribution is 2.16. The summed E-state index contributed by atoms with van der Waals surface area (Å²) in [5.74, 6) is -0.289. The summed E-state index contributed by atoms with van der Waals surface area (Å²) < 4.78 is 21.7. The molecule has 9 heteroatoms. The van der Waals surface area contributed by atoms with E-state index >= 15 is 0 Å². The predicted molar refractivity (Wildman–Crippen MR) is 144 cm³/mol. The Kier molecular flexibility index (Phi) is 11.6. The Bertz CT molecular complexity index is 1030. The van der Waals surface area contributed by atoms with Crippen LogP contribution in [0.15, 0.2) is 54.6 Å². The number of nitrogens with one attached hydrogen (secondary N) is 2. The Labute approximate surface area is 225 Å². The van der Waals surface area contributed by atoms with Crippen molar-refractivity contribution in [2.75, 3.05) is 19.7 Å². The third kappa shape index (κ3) is 13.1. The average molecular weight is 529 g/mol. The van der Waals surface area contributed by atoms with Gasteiger partial charge in [-0.25, -0.2) is 4.79 Å². The third-order valence-electron chi connectivity index (χ3n) is 4.82. The zero-order chi connectivity index (χ0) is 28.2. The maximum absolute atomic E-state index is 12.8. The molecule has 0 spiro atoms. The van der Waals surface area contributed by atoms with Crippen molar-refractivity contribution in [2.45, 2.75) is 71.8 Å². The number of carbonyl (C=O) groups excluding carboxylic acids is 3. The molecule has 2 aromatic rings. The van der Waals surface area contributed by atoms with Gasteiger partial charge in [-0.2, -0.15) is 0 Å². The number of amides is 1. The zero-order valence-electron chi connectivity index (χ0n) is 23.2. The second-order valence-corrected chi connectivity index (χ2v) is 10.7. The Morgan fingerprint density at radius 2 is 1.45 bits per heavy atom. The Morgan fingerprint density at radius 1 is 0.816 bits per heavy atom. The number of benzene rings is 2. The van der Waals surface area contributed by atoms with E-state index in [1.165, 1.54) is 0 Å². The van der Waals surface area contributed by atoms with Crippen molar-refractivity contribution in [2.24, 2.45) is 0 Å². The van der Waals surface area contributed by atoms with Crippen LogP contribution in [0.5, 0.6) is 5.75 Å². The smallest absolute Gasteiger partial charge is 0.407 e. The van der Waals surface area contributed by atoms with Crippen LogP contribution in [0.3, 0.4) is 0 Å². The topological polar surface area (TPSA) is 112 Å². The highest BCUT2D eigenvalue weighted by Gasteiger charge is 2.27. The summed E-state index contributed by atoms with van der Waals surface area (Å²) in [7, 11) is 0. The van der Waals surface area contributed by atoms with E-state index in [0.717, 1.165) is 11.1 Å². The van der Waals surface area contributed by atoms with Crippen LogP contribution in [0, 0.1) is 0 Å². The molecule has 9 nitrogen and oxygen atoms in total. The van der Waals surface area contributed by atoms with E-state index in [1.54, 1.807) is 53.7 Å². The third-order valence-corrected chi connectivity index (χ3v) is 4.82. The number of hydrogen-bond acceptors (Lipinski definition) is 8. The number of rotatable bonds is 12. The molecule has 2 aromatic carbocycles. The van der Waals surface area contributed by atoms with Crippen molar-refractivity contribution in [1.82, 2.24) is 10.6 Å². The Morgan fingerprint density at radius 3 is 2.05 bits per heavy atom. The molecular weight excluding hydrogens is 488 g/mol. The maximum atomic E-state index is 12.8. The molecule has 2 rings (SSSR count). The molecule has 0 radical (unpaired) electrons. The van der Waals surface area contributed by atoms with Crippen LogP contribution in [0.25, 0.3) is 0 Å². The maximum Gasteiger partial charge on any atom is 0.407 e. The first-order valence-electron chi connectivity index (χ1n) is 12.6. The lowest BCUT2D eigenvalue weighted by Gasteiger charge is -2.25. The van der Waals surface area contributed by atoms with Gasteiger partial charge in [0.2, 0.25) is 0 Å². The molecule has 0 aliphatic rings. The minimum Gasteiger partial charge on any atom is -0.492 e. The molecule has 1 atom stereocenters. The summed E-state index contributed by atoms with van der Waals surface area (Å²) in [6.07, 6.45) is -0.202. The van der Waals surface area contributed by atoms with E-state index < -0.39 is 35.3 Å². The van der Waals surface area contributed by atoms with Crippen LogP contribution in [-0.4, -0.2) is 55.0 Å². The lowest BCUT2D eigenvalue weighted by Crippen LogP contribution is -2.45. The van der Waals surface area contributed by atoms with E-state index in [1.807, 2.05) is 42.5 Å². The van der Waals surface area contributed by atoms with Crippen molar-refractivity contribution in [3.05, 3.63) is 65.7 Å². The summed E-state index contributed by atoms with van der Waals surface area (Å²) in [5, 5.41) is 5.61. The molecule has 2 N–H and O–H groups in total. The monoisotopic (exact) mass is 528 g/mol. The van der Waals surface area contributed by atoms with Gasteiger partial charge in [0, 0.05) is 0 Å². The van der Waals surface area contributed by atoms with E-state index in [2.05, 4.69) is 10.6 Å². The van der Waals surface area contributed by atoms with E-state index in [0.29, 0.717) is 12.2 Å². The second kappa shape index (κ2) is 14.4. The van der Waals surface area contributed by atoms with E-state index in [-0.39, 0.29) is 26.3 Å². The van der Waals surface area contributed by atoms with Gasteiger partial charge in [0.05, 0.1) is 13.1 Å². The summed E-state index contributed by atoms with van der Waals surface area (Å²) in [5.41, 5.74) is 0.483. The largest absolute Gasteiger partial charge is 0.492 e.